The molecule has 23 heavy (non-hydrogen) atoms. The van der Waals surface area contributed by atoms with E-state index in [-0.39, 0.29) is 30.1 Å². The SMILES string of the molecule is CN=C(NCc1cccs1)NCC(C)Oc1ccc(Cl)cc1.I. The number of hydrogen-bond acceptors (Lipinski definition) is 3. The number of rotatable bonds is 6. The molecule has 2 rings (SSSR count). The van der Waals surface area contributed by atoms with Crippen molar-refractivity contribution in [1.82, 2.24) is 10.6 Å². The number of guanidine groups is 1. The molecule has 7 heteroatoms. The maximum atomic E-state index is 5.86. The lowest BCUT2D eigenvalue weighted by Crippen LogP contribution is -2.41. The summed E-state index contributed by atoms with van der Waals surface area (Å²) in [6, 6.07) is 11.5. The van der Waals surface area contributed by atoms with Crippen molar-refractivity contribution in [3.8, 4) is 5.75 Å². The minimum atomic E-state index is 0. The number of ether oxygens (including phenoxy) is 1. The Morgan fingerprint density at radius 2 is 2.00 bits per heavy atom. The minimum Gasteiger partial charge on any atom is -0.489 e. The molecule has 0 bridgehead atoms. The lowest BCUT2D eigenvalue weighted by atomic mass is 10.3. The summed E-state index contributed by atoms with van der Waals surface area (Å²) < 4.78 is 5.81. The van der Waals surface area contributed by atoms with Crippen LogP contribution in [0.1, 0.15) is 11.8 Å². The van der Waals surface area contributed by atoms with Gasteiger partial charge < -0.3 is 15.4 Å². The van der Waals surface area contributed by atoms with Gasteiger partial charge >= 0.3 is 0 Å². The summed E-state index contributed by atoms with van der Waals surface area (Å²) in [6.07, 6.45) is 0.0152. The molecule has 0 radical (unpaired) electrons. The topological polar surface area (TPSA) is 45.7 Å². The van der Waals surface area contributed by atoms with Crippen molar-refractivity contribution in [2.75, 3.05) is 13.6 Å². The van der Waals surface area contributed by atoms with Crippen LogP contribution in [0, 0.1) is 0 Å². The molecule has 1 atom stereocenters. The molecule has 0 amide bonds. The molecule has 0 saturated carbocycles. The average Bonchev–Trinajstić information content (AvgIpc) is 3.03. The van der Waals surface area contributed by atoms with Crippen LogP contribution in [0.25, 0.3) is 0 Å². The van der Waals surface area contributed by atoms with E-state index in [1.165, 1.54) is 4.88 Å². The summed E-state index contributed by atoms with van der Waals surface area (Å²) in [5, 5.41) is 9.30. The van der Waals surface area contributed by atoms with Gasteiger partial charge in [0.25, 0.3) is 0 Å². The molecular weight excluding hydrogens is 445 g/mol. The largest absolute Gasteiger partial charge is 0.489 e. The van der Waals surface area contributed by atoms with E-state index in [0.717, 1.165) is 18.3 Å². The molecule has 0 aliphatic rings. The summed E-state index contributed by atoms with van der Waals surface area (Å²) in [4.78, 5) is 5.48. The first-order chi connectivity index (χ1) is 10.7. The Bertz CT molecular complexity index is 590. The molecule has 4 nitrogen and oxygen atoms in total. The van der Waals surface area contributed by atoms with Gasteiger partial charge in [-0.1, -0.05) is 17.7 Å². The zero-order valence-corrected chi connectivity index (χ0v) is 17.0. The Morgan fingerprint density at radius 1 is 1.26 bits per heavy atom. The highest BCUT2D eigenvalue weighted by Gasteiger charge is 2.06. The summed E-state index contributed by atoms with van der Waals surface area (Å²) in [6.45, 7) is 3.44. The summed E-state index contributed by atoms with van der Waals surface area (Å²) in [5.74, 6) is 1.57. The van der Waals surface area contributed by atoms with Gasteiger partial charge in [0.1, 0.15) is 11.9 Å². The van der Waals surface area contributed by atoms with E-state index < -0.39 is 0 Å². The molecule has 2 aromatic rings. The normalized spacial score (nSPS) is 12.2. The predicted octanol–water partition coefficient (Wildman–Crippen LogP) is 4.15. The van der Waals surface area contributed by atoms with Crippen molar-refractivity contribution in [3.05, 3.63) is 51.7 Å². The van der Waals surface area contributed by atoms with Gasteiger partial charge in [-0.05, 0) is 42.6 Å². The van der Waals surface area contributed by atoms with Crippen molar-refractivity contribution in [2.45, 2.75) is 19.6 Å². The maximum absolute atomic E-state index is 5.86. The maximum Gasteiger partial charge on any atom is 0.191 e. The molecule has 0 spiro atoms. The molecule has 1 unspecified atom stereocenters. The summed E-state index contributed by atoms with van der Waals surface area (Å²) >= 11 is 7.58. The van der Waals surface area contributed by atoms with Gasteiger partial charge in [0.2, 0.25) is 0 Å². The quantitative estimate of drug-likeness (QED) is 0.383. The fourth-order valence-corrected chi connectivity index (χ4v) is 2.60. The molecule has 1 heterocycles. The van der Waals surface area contributed by atoms with Crippen LogP contribution in [-0.2, 0) is 6.54 Å². The van der Waals surface area contributed by atoms with Crippen molar-refractivity contribution < 1.29 is 4.74 Å². The predicted molar refractivity (Wildman–Crippen MR) is 109 cm³/mol. The third-order valence-corrected chi connectivity index (χ3v) is 4.07. The number of nitrogens with one attached hydrogen (secondary N) is 2. The lowest BCUT2D eigenvalue weighted by molar-refractivity contribution is 0.224. The van der Waals surface area contributed by atoms with E-state index in [9.17, 15) is 0 Å². The van der Waals surface area contributed by atoms with Crippen LogP contribution in [0.4, 0.5) is 0 Å². The van der Waals surface area contributed by atoms with Gasteiger partial charge in [0.15, 0.2) is 5.96 Å². The second-order valence-electron chi connectivity index (χ2n) is 4.77. The smallest absolute Gasteiger partial charge is 0.191 e. The van der Waals surface area contributed by atoms with Gasteiger partial charge in [-0.15, -0.1) is 35.3 Å². The van der Waals surface area contributed by atoms with Crippen LogP contribution < -0.4 is 15.4 Å². The van der Waals surface area contributed by atoms with E-state index in [0.29, 0.717) is 11.6 Å². The minimum absolute atomic E-state index is 0. The number of hydrogen-bond donors (Lipinski definition) is 2. The Labute approximate surface area is 163 Å². The summed E-state index contributed by atoms with van der Waals surface area (Å²) in [7, 11) is 1.76. The van der Waals surface area contributed by atoms with Gasteiger partial charge in [-0.2, -0.15) is 0 Å². The van der Waals surface area contributed by atoms with Crippen molar-refractivity contribution in [2.24, 2.45) is 4.99 Å². The lowest BCUT2D eigenvalue weighted by Gasteiger charge is -2.17. The van der Waals surface area contributed by atoms with Crippen LogP contribution in [-0.4, -0.2) is 25.7 Å². The first-order valence-electron chi connectivity index (χ1n) is 7.06. The van der Waals surface area contributed by atoms with Crippen LogP contribution in [0.3, 0.4) is 0 Å². The van der Waals surface area contributed by atoms with Crippen LogP contribution in [0.15, 0.2) is 46.8 Å². The average molecular weight is 466 g/mol. The highest BCUT2D eigenvalue weighted by atomic mass is 127. The van der Waals surface area contributed by atoms with Gasteiger partial charge in [0, 0.05) is 16.9 Å². The molecule has 0 aliphatic carbocycles. The van der Waals surface area contributed by atoms with E-state index in [2.05, 4.69) is 27.1 Å². The molecule has 0 saturated heterocycles. The second kappa shape index (κ2) is 10.7. The van der Waals surface area contributed by atoms with Crippen LogP contribution in [0.2, 0.25) is 5.02 Å². The fraction of sp³-hybridized carbons (Fsp3) is 0.312. The number of benzene rings is 1. The highest BCUT2D eigenvalue weighted by molar-refractivity contribution is 14.0. The third kappa shape index (κ3) is 7.41. The third-order valence-electron chi connectivity index (χ3n) is 2.94. The first kappa shape index (κ1) is 20.1. The van der Waals surface area contributed by atoms with Crippen LogP contribution >= 0.6 is 46.9 Å². The molecule has 0 fully saturated rings. The Morgan fingerprint density at radius 3 is 2.61 bits per heavy atom. The fourth-order valence-electron chi connectivity index (χ4n) is 1.83. The Hall–Kier alpha value is -0.990. The highest BCUT2D eigenvalue weighted by Crippen LogP contribution is 2.16. The van der Waals surface area contributed by atoms with Gasteiger partial charge in [0.05, 0.1) is 13.1 Å². The van der Waals surface area contributed by atoms with Crippen LogP contribution in [0.5, 0.6) is 5.75 Å². The number of halogens is 2. The molecule has 1 aromatic heterocycles. The van der Waals surface area contributed by atoms with E-state index >= 15 is 0 Å². The number of thiophene rings is 1. The van der Waals surface area contributed by atoms with E-state index in [1.54, 1.807) is 18.4 Å². The molecule has 2 N–H and O–H groups in total. The molecular formula is C16H21ClIN3OS. The van der Waals surface area contributed by atoms with Crippen molar-refractivity contribution >= 4 is 52.9 Å². The Kier molecular flexibility index (Phi) is 9.35. The van der Waals surface area contributed by atoms with Gasteiger partial charge in [-0.25, -0.2) is 0 Å². The monoisotopic (exact) mass is 465 g/mol. The zero-order valence-electron chi connectivity index (χ0n) is 13.1. The Balaban J connectivity index is 0.00000264. The van der Waals surface area contributed by atoms with E-state index in [4.69, 9.17) is 16.3 Å². The molecule has 0 aliphatic heterocycles. The summed E-state index contributed by atoms with van der Waals surface area (Å²) in [5.41, 5.74) is 0. The van der Waals surface area contributed by atoms with Gasteiger partial charge in [-0.3, -0.25) is 4.99 Å². The number of aliphatic imine (C=N–C) groups is 1. The second-order valence-corrected chi connectivity index (χ2v) is 6.24. The number of nitrogens with zero attached hydrogens (tertiary/aromatic N) is 1. The zero-order chi connectivity index (χ0) is 15.8. The van der Waals surface area contributed by atoms with E-state index in [1.807, 2.05) is 37.3 Å². The van der Waals surface area contributed by atoms with Crippen molar-refractivity contribution in [1.29, 1.82) is 0 Å². The first-order valence-corrected chi connectivity index (χ1v) is 8.32. The molecule has 126 valence electrons. The van der Waals surface area contributed by atoms with Crippen molar-refractivity contribution in [3.63, 3.8) is 0 Å². The molecule has 1 aromatic carbocycles. The standard InChI is InChI=1S/C16H20ClN3OS.HI/c1-12(21-14-7-5-13(17)6-8-14)10-19-16(18-2)20-11-15-4-3-9-22-15;/h3-9,12H,10-11H2,1-2H3,(H2,18,19,20);1H.